The minimum absolute atomic E-state index is 0.0226. The van der Waals surface area contributed by atoms with Crippen LogP contribution in [0, 0.1) is 0 Å². The van der Waals surface area contributed by atoms with Crippen LogP contribution in [0.2, 0.25) is 0 Å². The fraction of sp³-hybridized carbons (Fsp3) is 0.500. The van der Waals surface area contributed by atoms with Crippen molar-refractivity contribution in [1.29, 1.82) is 0 Å². The number of amides is 1. The van der Waals surface area contributed by atoms with Gasteiger partial charge in [0.1, 0.15) is 0 Å². The summed E-state index contributed by atoms with van der Waals surface area (Å²) in [4.78, 5) is 13.7. The van der Waals surface area contributed by atoms with Crippen LogP contribution in [0.3, 0.4) is 0 Å². The summed E-state index contributed by atoms with van der Waals surface area (Å²) in [6, 6.07) is 6.26. The molecule has 0 aliphatic heterocycles. The lowest BCUT2D eigenvalue weighted by molar-refractivity contribution is -0.129. The zero-order chi connectivity index (χ0) is 16.0. The molecule has 21 heavy (non-hydrogen) atoms. The van der Waals surface area contributed by atoms with E-state index >= 15 is 0 Å². The quantitative estimate of drug-likeness (QED) is 0.780. The van der Waals surface area contributed by atoms with E-state index in [1.54, 1.807) is 17.0 Å². The summed E-state index contributed by atoms with van der Waals surface area (Å²) in [5.74, 6) is 0.0226. The van der Waals surface area contributed by atoms with Gasteiger partial charge in [-0.25, -0.2) is 13.6 Å². The Morgan fingerprint density at radius 3 is 2.48 bits per heavy atom. The van der Waals surface area contributed by atoms with Crippen molar-refractivity contribution >= 4 is 15.9 Å². The van der Waals surface area contributed by atoms with Gasteiger partial charge in [0.2, 0.25) is 15.9 Å². The summed E-state index contributed by atoms with van der Waals surface area (Å²) in [6.07, 6.45) is 0. The Bertz CT molecular complexity index is 583. The molecule has 7 heteroatoms. The molecule has 1 aromatic carbocycles. The number of carbonyl (C=O) groups excluding carboxylic acids is 1. The van der Waals surface area contributed by atoms with Gasteiger partial charge in [0, 0.05) is 19.1 Å². The molecule has 0 aromatic heterocycles. The highest BCUT2D eigenvalue weighted by Gasteiger charge is 2.14. The van der Waals surface area contributed by atoms with Gasteiger partial charge >= 0.3 is 0 Å². The Kier molecular flexibility index (Phi) is 6.32. The molecular formula is C14H23N3O3S. The number of nitrogens with one attached hydrogen (secondary N) is 1. The molecule has 6 nitrogen and oxygen atoms in total. The van der Waals surface area contributed by atoms with Gasteiger partial charge in [0.15, 0.2) is 0 Å². The molecule has 1 unspecified atom stereocenters. The number of primary sulfonamides is 1. The Balaban J connectivity index is 2.72. The van der Waals surface area contributed by atoms with Crippen LogP contribution in [0.1, 0.15) is 32.4 Å². The maximum absolute atomic E-state index is 11.9. The van der Waals surface area contributed by atoms with E-state index in [9.17, 15) is 13.2 Å². The van der Waals surface area contributed by atoms with E-state index in [4.69, 9.17) is 5.14 Å². The highest BCUT2D eigenvalue weighted by molar-refractivity contribution is 7.89. The fourth-order valence-corrected chi connectivity index (χ4v) is 2.58. The summed E-state index contributed by atoms with van der Waals surface area (Å²) in [5.41, 5.74) is 0.772. The van der Waals surface area contributed by atoms with Crippen molar-refractivity contribution in [1.82, 2.24) is 10.2 Å². The summed E-state index contributed by atoms with van der Waals surface area (Å²) < 4.78 is 22.7. The average Bonchev–Trinajstić information content (AvgIpc) is 2.45. The first-order chi connectivity index (χ1) is 9.79. The summed E-state index contributed by atoms with van der Waals surface area (Å²) in [7, 11) is -3.71. The van der Waals surface area contributed by atoms with Gasteiger partial charge in [-0.05, 0) is 38.5 Å². The van der Waals surface area contributed by atoms with Crippen LogP contribution in [-0.2, 0) is 14.8 Å². The number of sulfonamides is 1. The molecule has 1 amide bonds. The Hall–Kier alpha value is -1.44. The zero-order valence-corrected chi connectivity index (χ0v) is 13.5. The first-order valence-corrected chi connectivity index (χ1v) is 8.48. The van der Waals surface area contributed by atoms with Gasteiger partial charge in [-0.15, -0.1) is 0 Å². The van der Waals surface area contributed by atoms with Gasteiger partial charge in [-0.3, -0.25) is 4.79 Å². The van der Waals surface area contributed by atoms with Crippen LogP contribution in [0.5, 0.6) is 0 Å². The third kappa shape index (κ3) is 5.11. The van der Waals surface area contributed by atoms with E-state index in [0.717, 1.165) is 5.56 Å². The predicted molar refractivity (Wildman–Crippen MR) is 82.2 cm³/mol. The molecule has 0 saturated heterocycles. The number of hydrogen-bond donors (Lipinski definition) is 2. The number of nitrogens with zero attached hydrogens (tertiary/aromatic N) is 1. The van der Waals surface area contributed by atoms with E-state index in [1.165, 1.54) is 12.1 Å². The second kappa shape index (κ2) is 7.53. The molecule has 0 saturated carbocycles. The molecule has 1 rings (SSSR count). The van der Waals surface area contributed by atoms with Crippen molar-refractivity contribution < 1.29 is 13.2 Å². The lowest BCUT2D eigenvalue weighted by Crippen LogP contribution is -2.38. The first kappa shape index (κ1) is 17.6. The van der Waals surface area contributed by atoms with E-state index < -0.39 is 10.0 Å². The van der Waals surface area contributed by atoms with Crippen LogP contribution in [0.4, 0.5) is 0 Å². The third-order valence-corrected chi connectivity index (χ3v) is 4.27. The van der Waals surface area contributed by atoms with Gasteiger partial charge in [0.25, 0.3) is 0 Å². The van der Waals surface area contributed by atoms with E-state index in [1.807, 2.05) is 20.8 Å². The van der Waals surface area contributed by atoms with Gasteiger partial charge in [-0.1, -0.05) is 12.1 Å². The molecule has 0 fully saturated rings. The number of likely N-dealkylation sites (N-methyl/N-ethyl adjacent to an activating group) is 1. The molecule has 0 radical (unpaired) electrons. The van der Waals surface area contributed by atoms with Crippen LogP contribution in [0.25, 0.3) is 0 Å². The number of rotatable bonds is 7. The van der Waals surface area contributed by atoms with Crippen molar-refractivity contribution in [3.63, 3.8) is 0 Å². The van der Waals surface area contributed by atoms with E-state index in [2.05, 4.69) is 5.32 Å². The smallest absolute Gasteiger partial charge is 0.238 e. The molecule has 0 spiro atoms. The highest BCUT2D eigenvalue weighted by atomic mass is 32.2. The molecular weight excluding hydrogens is 290 g/mol. The maximum atomic E-state index is 11.9. The van der Waals surface area contributed by atoms with Crippen molar-refractivity contribution in [3.8, 4) is 0 Å². The highest BCUT2D eigenvalue weighted by Crippen LogP contribution is 2.16. The summed E-state index contributed by atoms with van der Waals surface area (Å²) >= 11 is 0. The van der Waals surface area contributed by atoms with Gasteiger partial charge in [-0.2, -0.15) is 0 Å². The number of carbonyl (C=O) groups is 1. The molecule has 118 valence electrons. The topological polar surface area (TPSA) is 92.5 Å². The summed E-state index contributed by atoms with van der Waals surface area (Å²) in [6.45, 7) is 7.29. The van der Waals surface area contributed by atoms with Crippen LogP contribution < -0.4 is 10.5 Å². The van der Waals surface area contributed by atoms with Gasteiger partial charge in [0.05, 0.1) is 11.4 Å². The molecule has 0 bridgehead atoms. The van der Waals surface area contributed by atoms with Crippen molar-refractivity contribution in [2.45, 2.75) is 31.7 Å². The zero-order valence-electron chi connectivity index (χ0n) is 12.7. The Morgan fingerprint density at radius 2 is 1.95 bits per heavy atom. The van der Waals surface area contributed by atoms with Crippen molar-refractivity contribution in [2.75, 3.05) is 19.6 Å². The van der Waals surface area contributed by atoms with Crippen molar-refractivity contribution in [2.24, 2.45) is 5.14 Å². The first-order valence-electron chi connectivity index (χ1n) is 6.93. The molecule has 0 aliphatic rings. The van der Waals surface area contributed by atoms with Crippen LogP contribution in [-0.4, -0.2) is 38.9 Å². The second-order valence-corrected chi connectivity index (χ2v) is 6.35. The Labute approximate surface area is 126 Å². The minimum atomic E-state index is -3.71. The SMILES string of the molecule is CCN(CC)C(=O)CNC(C)c1cccc(S(N)(=O)=O)c1. The molecule has 1 atom stereocenters. The fourth-order valence-electron chi connectivity index (χ4n) is 2.01. The number of nitrogens with two attached hydrogens (primary N) is 1. The average molecular weight is 313 g/mol. The lowest BCUT2D eigenvalue weighted by Gasteiger charge is -2.21. The largest absolute Gasteiger partial charge is 0.342 e. The van der Waals surface area contributed by atoms with Gasteiger partial charge < -0.3 is 10.2 Å². The second-order valence-electron chi connectivity index (χ2n) is 4.79. The number of benzene rings is 1. The molecule has 0 aliphatic carbocycles. The lowest BCUT2D eigenvalue weighted by atomic mass is 10.1. The third-order valence-electron chi connectivity index (χ3n) is 3.36. The minimum Gasteiger partial charge on any atom is -0.342 e. The van der Waals surface area contributed by atoms with E-state index in [-0.39, 0.29) is 23.4 Å². The molecule has 0 heterocycles. The molecule has 3 N–H and O–H groups in total. The Morgan fingerprint density at radius 1 is 1.33 bits per heavy atom. The number of hydrogen-bond acceptors (Lipinski definition) is 4. The molecule has 1 aromatic rings. The van der Waals surface area contributed by atoms with Crippen molar-refractivity contribution in [3.05, 3.63) is 29.8 Å². The standard InChI is InChI=1S/C14H23N3O3S/c1-4-17(5-2)14(18)10-16-11(3)12-7-6-8-13(9-12)21(15,19)20/h6-9,11,16H,4-5,10H2,1-3H3,(H2,15,19,20). The van der Waals surface area contributed by atoms with Crippen LogP contribution in [0.15, 0.2) is 29.2 Å². The maximum Gasteiger partial charge on any atom is 0.238 e. The van der Waals surface area contributed by atoms with E-state index in [0.29, 0.717) is 13.1 Å². The summed E-state index contributed by atoms with van der Waals surface area (Å²) in [5, 5.41) is 8.21. The predicted octanol–water partition coefficient (Wildman–Crippen LogP) is 0.853. The van der Waals surface area contributed by atoms with Crippen LogP contribution >= 0.6 is 0 Å². The normalized spacial score (nSPS) is 13.0. The monoisotopic (exact) mass is 313 g/mol.